The van der Waals surface area contributed by atoms with E-state index in [1.165, 1.54) is 0 Å². The number of nitrogens with zero attached hydrogens (tertiary/aromatic N) is 1. The standard InChI is InChI=1S/C30H36N2O2/c1-5-27(29(34)31-30(2,3)4)32(22-23-15-9-6-10-16-23)28(33)21-26(24-17-11-7-12-18-24)25-19-13-8-14-20-25/h6-20,26-27H,5,21-22H2,1-4H3,(H,31,34)/t27-/m0/s1. The lowest BCUT2D eigenvalue weighted by molar-refractivity contribution is -0.142. The smallest absolute Gasteiger partial charge is 0.243 e. The molecule has 3 aromatic rings. The van der Waals surface area contributed by atoms with Gasteiger partial charge in [0.1, 0.15) is 6.04 Å². The molecule has 0 radical (unpaired) electrons. The SMILES string of the molecule is CC[C@@H](C(=O)NC(C)(C)C)N(Cc1ccccc1)C(=O)CC(c1ccccc1)c1ccccc1. The molecule has 0 aliphatic rings. The lowest BCUT2D eigenvalue weighted by atomic mass is 9.88. The molecule has 0 saturated heterocycles. The number of nitrogens with one attached hydrogen (secondary N) is 1. The Morgan fingerprint density at radius 1 is 0.794 bits per heavy atom. The van der Waals surface area contributed by atoms with E-state index in [9.17, 15) is 9.59 Å². The van der Waals surface area contributed by atoms with Gasteiger partial charge in [0.2, 0.25) is 11.8 Å². The van der Waals surface area contributed by atoms with E-state index in [1.54, 1.807) is 4.90 Å². The van der Waals surface area contributed by atoms with Crippen molar-refractivity contribution in [2.45, 2.75) is 64.6 Å². The highest BCUT2D eigenvalue weighted by Gasteiger charge is 2.32. The van der Waals surface area contributed by atoms with Crippen LogP contribution in [0.3, 0.4) is 0 Å². The Bertz CT molecular complexity index is 1000. The number of carbonyl (C=O) groups excluding carboxylic acids is 2. The molecule has 0 bridgehead atoms. The van der Waals surface area contributed by atoms with Gasteiger partial charge in [-0.2, -0.15) is 0 Å². The molecule has 2 amide bonds. The minimum Gasteiger partial charge on any atom is -0.350 e. The van der Waals surface area contributed by atoms with E-state index < -0.39 is 6.04 Å². The number of carbonyl (C=O) groups is 2. The molecule has 3 rings (SSSR count). The van der Waals surface area contributed by atoms with Crippen molar-refractivity contribution in [1.29, 1.82) is 0 Å². The van der Waals surface area contributed by atoms with Crippen molar-refractivity contribution >= 4 is 11.8 Å². The van der Waals surface area contributed by atoms with Crippen LogP contribution in [0, 0.1) is 0 Å². The van der Waals surface area contributed by atoms with Crippen LogP contribution in [-0.2, 0) is 16.1 Å². The zero-order valence-electron chi connectivity index (χ0n) is 20.7. The van der Waals surface area contributed by atoms with Crippen molar-refractivity contribution < 1.29 is 9.59 Å². The molecule has 0 unspecified atom stereocenters. The molecule has 0 spiro atoms. The van der Waals surface area contributed by atoms with Crippen LogP contribution in [0.15, 0.2) is 91.0 Å². The molecule has 34 heavy (non-hydrogen) atoms. The first-order valence-electron chi connectivity index (χ1n) is 12.0. The molecule has 0 fully saturated rings. The van der Waals surface area contributed by atoms with Crippen LogP contribution in [0.4, 0.5) is 0 Å². The summed E-state index contributed by atoms with van der Waals surface area (Å²) in [5, 5.41) is 3.08. The highest BCUT2D eigenvalue weighted by molar-refractivity contribution is 5.88. The zero-order chi connectivity index (χ0) is 24.6. The number of hydrogen-bond acceptors (Lipinski definition) is 2. The van der Waals surface area contributed by atoms with Crippen LogP contribution in [0.25, 0.3) is 0 Å². The van der Waals surface area contributed by atoms with Gasteiger partial charge < -0.3 is 10.2 Å². The van der Waals surface area contributed by atoms with Gasteiger partial charge in [-0.3, -0.25) is 9.59 Å². The van der Waals surface area contributed by atoms with Gasteiger partial charge >= 0.3 is 0 Å². The van der Waals surface area contributed by atoms with Gasteiger partial charge in [-0.15, -0.1) is 0 Å². The van der Waals surface area contributed by atoms with Crippen LogP contribution in [0.1, 0.15) is 63.1 Å². The molecular weight excluding hydrogens is 420 g/mol. The monoisotopic (exact) mass is 456 g/mol. The Labute approximate surface area is 204 Å². The lowest BCUT2D eigenvalue weighted by Crippen LogP contribution is -2.53. The zero-order valence-corrected chi connectivity index (χ0v) is 20.7. The molecule has 0 heterocycles. The minimum absolute atomic E-state index is 0.0301. The van der Waals surface area contributed by atoms with Crippen molar-refractivity contribution in [3.05, 3.63) is 108 Å². The van der Waals surface area contributed by atoms with Gasteiger partial charge in [0.05, 0.1) is 0 Å². The number of amides is 2. The summed E-state index contributed by atoms with van der Waals surface area (Å²) in [6.45, 7) is 8.24. The fraction of sp³-hybridized carbons (Fsp3) is 0.333. The van der Waals surface area contributed by atoms with Crippen LogP contribution in [0.5, 0.6) is 0 Å². The molecule has 3 aromatic carbocycles. The normalized spacial score (nSPS) is 12.3. The number of benzene rings is 3. The molecule has 0 aliphatic carbocycles. The van der Waals surface area contributed by atoms with E-state index >= 15 is 0 Å². The molecular formula is C30H36N2O2. The van der Waals surface area contributed by atoms with Crippen molar-refractivity contribution in [2.24, 2.45) is 0 Å². The average molecular weight is 457 g/mol. The van der Waals surface area contributed by atoms with Gasteiger partial charge in [-0.1, -0.05) is 97.9 Å². The van der Waals surface area contributed by atoms with E-state index in [2.05, 4.69) is 29.6 Å². The van der Waals surface area contributed by atoms with E-state index in [-0.39, 0.29) is 23.3 Å². The van der Waals surface area contributed by atoms with Crippen molar-refractivity contribution in [2.75, 3.05) is 0 Å². The first kappa shape index (κ1) is 25.2. The van der Waals surface area contributed by atoms with Gasteiger partial charge in [-0.25, -0.2) is 0 Å². The predicted octanol–water partition coefficient (Wildman–Crippen LogP) is 5.93. The number of hydrogen-bond donors (Lipinski definition) is 1. The van der Waals surface area contributed by atoms with Crippen LogP contribution >= 0.6 is 0 Å². The summed E-state index contributed by atoms with van der Waals surface area (Å²) in [5.74, 6) is -0.232. The molecule has 178 valence electrons. The van der Waals surface area contributed by atoms with E-state index in [4.69, 9.17) is 0 Å². The second-order valence-electron chi connectivity index (χ2n) is 9.75. The summed E-state index contributed by atoms with van der Waals surface area (Å²) in [4.78, 5) is 28.9. The first-order valence-corrected chi connectivity index (χ1v) is 12.0. The van der Waals surface area contributed by atoms with Crippen LogP contribution in [-0.4, -0.2) is 28.3 Å². The molecule has 0 saturated carbocycles. The Hall–Kier alpha value is -3.40. The fourth-order valence-corrected chi connectivity index (χ4v) is 4.24. The summed E-state index contributed by atoms with van der Waals surface area (Å²) < 4.78 is 0. The second kappa shape index (κ2) is 11.6. The van der Waals surface area contributed by atoms with Gasteiger partial charge in [0.15, 0.2) is 0 Å². The molecule has 1 N–H and O–H groups in total. The summed E-state index contributed by atoms with van der Waals surface area (Å²) >= 11 is 0. The molecule has 4 nitrogen and oxygen atoms in total. The summed E-state index contributed by atoms with van der Waals surface area (Å²) in [6.07, 6.45) is 0.835. The highest BCUT2D eigenvalue weighted by atomic mass is 16.2. The van der Waals surface area contributed by atoms with Gasteiger partial charge in [-0.05, 0) is 43.9 Å². The molecule has 0 aliphatic heterocycles. The fourth-order valence-electron chi connectivity index (χ4n) is 4.24. The largest absolute Gasteiger partial charge is 0.350 e. The Morgan fingerprint density at radius 3 is 1.71 bits per heavy atom. The minimum atomic E-state index is -0.542. The number of rotatable bonds is 9. The average Bonchev–Trinajstić information content (AvgIpc) is 2.83. The molecule has 4 heteroatoms. The predicted molar refractivity (Wildman–Crippen MR) is 138 cm³/mol. The van der Waals surface area contributed by atoms with Crippen molar-refractivity contribution in [3.63, 3.8) is 0 Å². The van der Waals surface area contributed by atoms with Crippen LogP contribution in [0.2, 0.25) is 0 Å². The maximum absolute atomic E-state index is 13.9. The summed E-state index contributed by atoms with van der Waals surface area (Å²) in [6, 6.07) is 29.6. The third kappa shape index (κ3) is 7.05. The topological polar surface area (TPSA) is 49.4 Å². The Balaban J connectivity index is 1.94. The molecule has 1 atom stereocenters. The van der Waals surface area contributed by atoms with E-state index in [0.29, 0.717) is 19.4 Å². The van der Waals surface area contributed by atoms with Crippen molar-refractivity contribution in [3.8, 4) is 0 Å². The lowest BCUT2D eigenvalue weighted by Gasteiger charge is -2.34. The van der Waals surface area contributed by atoms with E-state index in [0.717, 1.165) is 16.7 Å². The van der Waals surface area contributed by atoms with E-state index in [1.807, 2.05) is 94.4 Å². The van der Waals surface area contributed by atoms with Crippen molar-refractivity contribution in [1.82, 2.24) is 10.2 Å². The summed E-state index contributed by atoms with van der Waals surface area (Å²) in [7, 11) is 0. The Morgan fingerprint density at radius 2 is 1.26 bits per heavy atom. The maximum Gasteiger partial charge on any atom is 0.243 e. The third-order valence-corrected chi connectivity index (χ3v) is 5.86. The molecule has 0 aromatic heterocycles. The highest BCUT2D eigenvalue weighted by Crippen LogP contribution is 2.29. The quantitative estimate of drug-likeness (QED) is 0.434. The second-order valence-corrected chi connectivity index (χ2v) is 9.75. The first-order chi connectivity index (χ1) is 16.3. The third-order valence-electron chi connectivity index (χ3n) is 5.86. The van der Waals surface area contributed by atoms with Gasteiger partial charge in [0, 0.05) is 24.4 Å². The Kier molecular flexibility index (Phi) is 8.64. The summed E-state index contributed by atoms with van der Waals surface area (Å²) in [5.41, 5.74) is 2.82. The van der Waals surface area contributed by atoms with Crippen LogP contribution < -0.4 is 5.32 Å². The van der Waals surface area contributed by atoms with Gasteiger partial charge in [0.25, 0.3) is 0 Å². The maximum atomic E-state index is 13.9.